The predicted molar refractivity (Wildman–Crippen MR) is 73.5 cm³/mol. The number of rotatable bonds is 4. The van der Waals surface area contributed by atoms with Gasteiger partial charge in [0, 0.05) is 17.5 Å². The number of aryl methyl sites for hydroxylation is 2. The Bertz CT molecular complexity index is 643. The van der Waals surface area contributed by atoms with Crippen molar-refractivity contribution < 1.29 is 9.32 Å². The van der Waals surface area contributed by atoms with Crippen molar-refractivity contribution in [3.8, 4) is 0 Å². The largest absolute Gasteiger partial charge is 0.346 e. The third-order valence-electron chi connectivity index (χ3n) is 2.55. The monoisotopic (exact) mass is 298 g/mol. The van der Waals surface area contributed by atoms with Crippen LogP contribution < -0.4 is 5.32 Å². The molecule has 0 radical (unpaired) electrons. The van der Waals surface area contributed by atoms with Gasteiger partial charge in [0.2, 0.25) is 11.8 Å². The van der Waals surface area contributed by atoms with Gasteiger partial charge in [-0.05, 0) is 26.1 Å². The Morgan fingerprint density at radius 2 is 2.32 bits per heavy atom. The van der Waals surface area contributed by atoms with Crippen molar-refractivity contribution >= 4 is 29.5 Å². The van der Waals surface area contributed by atoms with Gasteiger partial charge in [0.1, 0.15) is 0 Å². The number of aromatic amines is 1. The maximum atomic E-state index is 11.9. The van der Waals surface area contributed by atoms with Crippen LogP contribution in [0.15, 0.2) is 4.52 Å². The lowest BCUT2D eigenvalue weighted by Crippen LogP contribution is -2.28. The van der Waals surface area contributed by atoms with Crippen molar-refractivity contribution in [1.29, 1.82) is 0 Å². The van der Waals surface area contributed by atoms with Gasteiger partial charge in [-0.1, -0.05) is 5.16 Å². The molecule has 1 unspecified atom stereocenters. The Hall–Kier alpha value is -1.54. The fraction of sp³-hybridized carbons (Fsp3) is 0.455. The van der Waals surface area contributed by atoms with Crippen LogP contribution in [-0.4, -0.2) is 21.0 Å². The Kier molecular flexibility index (Phi) is 4.11. The van der Waals surface area contributed by atoms with E-state index in [1.54, 1.807) is 6.92 Å². The Morgan fingerprint density at radius 3 is 2.84 bits per heavy atom. The molecule has 0 spiro atoms. The minimum Gasteiger partial charge on any atom is -0.346 e. The zero-order valence-electron chi connectivity index (χ0n) is 10.8. The number of hydrogen-bond donors (Lipinski definition) is 2. The maximum Gasteiger partial charge on any atom is 0.225 e. The summed E-state index contributed by atoms with van der Waals surface area (Å²) in [5.74, 6) is 0.864. The average Bonchev–Trinajstić information content (AvgIpc) is 2.86. The van der Waals surface area contributed by atoms with Crippen LogP contribution in [0.5, 0.6) is 0 Å². The van der Waals surface area contributed by atoms with E-state index < -0.39 is 0 Å². The minimum atomic E-state index is -0.280. The molecule has 8 heteroatoms. The Labute approximate surface area is 119 Å². The second-order valence-corrected chi connectivity index (χ2v) is 5.97. The highest BCUT2D eigenvalue weighted by Crippen LogP contribution is 2.16. The molecule has 6 nitrogen and oxygen atoms in total. The van der Waals surface area contributed by atoms with E-state index in [9.17, 15) is 4.79 Å². The second kappa shape index (κ2) is 5.62. The third-order valence-corrected chi connectivity index (χ3v) is 3.89. The maximum absolute atomic E-state index is 11.9. The molecule has 0 fully saturated rings. The fourth-order valence-corrected chi connectivity index (χ4v) is 2.89. The fourth-order valence-electron chi connectivity index (χ4n) is 1.60. The standard InChI is InChI=1S/C11H14N4O2S2/c1-5-8(19-11(18)13-5)4-9(16)12-6(2)10-14-7(3)17-15-10/h6H,4H2,1-3H3,(H,12,16)(H,13,18). The predicted octanol–water partition coefficient (Wildman–Crippen LogP) is 2.23. The molecule has 0 aromatic carbocycles. The van der Waals surface area contributed by atoms with Gasteiger partial charge in [-0.25, -0.2) is 0 Å². The van der Waals surface area contributed by atoms with Crippen LogP contribution in [-0.2, 0) is 11.2 Å². The molecule has 102 valence electrons. The molecule has 1 atom stereocenters. The van der Waals surface area contributed by atoms with Gasteiger partial charge < -0.3 is 14.8 Å². The molecule has 0 aliphatic heterocycles. The molecule has 0 saturated carbocycles. The van der Waals surface area contributed by atoms with Crippen LogP contribution >= 0.6 is 23.6 Å². The molecule has 0 aliphatic rings. The van der Waals surface area contributed by atoms with E-state index in [1.807, 2.05) is 13.8 Å². The average molecular weight is 298 g/mol. The first-order valence-corrected chi connectivity index (χ1v) is 6.96. The van der Waals surface area contributed by atoms with Crippen molar-refractivity contribution in [3.05, 3.63) is 26.2 Å². The number of carbonyl (C=O) groups excluding carboxylic acids is 1. The van der Waals surface area contributed by atoms with Gasteiger partial charge in [-0.15, -0.1) is 11.3 Å². The number of nitrogens with one attached hydrogen (secondary N) is 2. The van der Waals surface area contributed by atoms with Gasteiger partial charge in [0.25, 0.3) is 0 Å². The van der Waals surface area contributed by atoms with Crippen LogP contribution in [0.2, 0.25) is 0 Å². The number of aromatic nitrogens is 3. The summed E-state index contributed by atoms with van der Waals surface area (Å²) in [4.78, 5) is 20.0. The van der Waals surface area contributed by atoms with E-state index in [0.29, 0.717) is 22.1 Å². The Morgan fingerprint density at radius 1 is 1.58 bits per heavy atom. The summed E-state index contributed by atoms with van der Waals surface area (Å²) >= 11 is 6.46. The van der Waals surface area contributed by atoms with Gasteiger partial charge >= 0.3 is 0 Å². The summed E-state index contributed by atoms with van der Waals surface area (Å²) in [5, 5.41) is 6.61. The normalized spacial score (nSPS) is 12.4. The highest BCUT2D eigenvalue weighted by atomic mass is 32.1. The van der Waals surface area contributed by atoms with E-state index in [2.05, 4.69) is 20.4 Å². The lowest BCUT2D eigenvalue weighted by molar-refractivity contribution is -0.121. The van der Waals surface area contributed by atoms with Gasteiger partial charge in [0.15, 0.2) is 9.78 Å². The molecule has 2 aromatic rings. The highest BCUT2D eigenvalue weighted by molar-refractivity contribution is 7.73. The van der Waals surface area contributed by atoms with Crippen molar-refractivity contribution in [2.45, 2.75) is 33.2 Å². The molecule has 19 heavy (non-hydrogen) atoms. The third kappa shape index (κ3) is 3.48. The minimum absolute atomic E-state index is 0.0942. The van der Waals surface area contributed by atoms with Gasteiger partial charge in [-0.3, -0.25) is 4.79 Å². The van der Waals surface area contributed by atoms with Gasteiger partial charge in [0.05, 0.1) is 12.5 Å². The van der Waals surface area contributed by atoms with Crippen LogP contribution in [0, 0.1) is 17.8 Å². The number of amides is 1. The lowest BCUT2D eigenvalue weighted by atomic mass is 10.2. The molecule has 0 aliphatic carbocycles. The SMILES string of the molecule is Cc1nc(C(C)NC(=O)Cc2sc(=S)[nH]c2C)no1. The molecule has 0 bridgehead atoms. The number of carbonyl (C=O) groups is 1. The number of nitrogens with zero attached hydrogens (tertiary/aromatic N) is 2. The van der Waals surface area contributed by atoms with Crippen LogP contribution in [0.25, 0.3) is 0 Å². The molecule has 2 aromatic heterocycles. The van der Waals surface area contributed by atoms with Crippen LogP contribution in [0.4, 0.5) is 0 Å². The molecule has 2 heterocycles. The Balaban J connectivity index is 1.98. The molecule has 2 N–H and O–H groups in total. The summed E-state index contributed by atoms with van der Waals surface area (Å²) in [7, 11) is 0. The summed E-state index contributed by atoms with van der Waals surface area (Å²) in [6.45, 7) is 5.43. The molecule has 0 saturated heterocycles. The number of hydrogen-bond acceptors (Lipinski definition) is 6. The van der Waals surface area contributed by atoms with E-state index in [4.69, 9.17) is 16.7 Å². The summed E-state index contributed by atoms with van der Waals surface area (Å²) < 4.78 is 5.56. The molecular formula is C11H14N4O2S2. The smallest absolute Gasteiger partial charge is 0.225 e. The highest BCUT2D eigenvalue weighted by Gasteiger charge is 2.16. The summed E-state index contributed by atoms with van der Waals surface area (Å²) in [6.07, 6.45) is 0.296. The number of H-pyrrole nitrogens is 1. The van der Waals surface area contributed by atoms with Crippen LogP contribution in [0.3, 0.4) is 0 Å². The second-order valence-electron chi connectivity index (χ2n) is 4.20. The first-order chi connectivity index (χ1) is 8.95. The van der Waals surface area contributed by atoms with E-state index in [1.165, 1.54) is 11.3 Å². The summed E-state index contributed by atoms with van der Waals surface area (Å²) in [5.41, 5.74) is 0.938. The van der Waals surface area contributed by atoms with E-state index in [0.717, 1.165) is 10.6 Å². The van der Waals surface area contributed by atoms with Crippen molar-refractivity contribution in [2.75, 3.05) is 0 Å². The first-order valence-electron chi connectivity index (χ1n) is 5.74. The van der Waals surface area contributed by atoms with Crippen LogP contribution in [0.1, 0.15) is 35.3 Å². The lowest BCUT2D eigenvalue weighted by Gasteiger charge is -2.09. The summed E-state index contributed by atoms with van der Waals surface area (Å²) in [6, 6.07) is -0.280. The van der Waals surface area contributed by atoms with E-state index in [-0.39, 0.29) is 11.9 Å². The quantitative estimate of drug-likeness (QED) is 0.846. The first kappa shape index (κ1) is 13.9. The van der Waals surface area contributed by atoms with Gasteiger partial charge in [-0.2, -0.15) is 4.98 Å². The van der Waals surface area contributed by atoms with E-state index >= 15 is 0 Å². The van der Waals surface area contributed by atoms with Crippen molar-refractivity contribution in [3.63, 3.8) is 0 Å². The molecule has 1 amide bonds. The van der Waals surface area contributed by atoms with Crippen molar-refractivity contribution in [2.24, 2.45) is 0 Å². The zero-order chi connectivity index (χ0) is 14.0. The van der Waals surface area contributed by atoms with Crippen molar-refractivity contribution in [1.82, 2.24) is 20.4 Å². The zero-order valence-corrected chi connectivity index (χ0v) is 12.4. The topological polar surface area (TPSA) is 83.8 Å². The molecule has 2 rings (SSSR count). The molecular weight excluding hydrogens is 284 g/mol. The number of thiazole rings is 1.